The second-order valence-electron chi connectivity index (χ2n) is 17.8. The summed E-state index contributed by atoms with van der Waals surface area (Å²) in [6.07, 6.45) is 5.00. The highest BCUT2D eigenvalue weighted by Crippen LogP contribution is 2.64. The van der Waals surface area contributed by atoms with Gasteiger partial charge in [0.25, 0.3) is 0 Å². The van der Waals surface area contributed by atoms with E-state index in [2.05, 4.69) is 12.2 Å². The maximum absolute atomic E-state index is 14.4. The quantitative estimate of drug-likeness (QED) is 0.0980. The van der Waals surface area contributed by atoms with E-state index in [9.17, 15) is 30.0 Å². The number of ether oxygens (including phenoxy) is 4. The minimum Gasteiger partial charge on any atom is -0.508 e. The van der Waals surface area contributed by atoms with Crippen LogP contribution in [0.4, 0.5) is 0 Å². The Hall–Kier alpha value is -6.78. The number of rotatable bonds is 10. The first-order valence-corrected chi connectivity index (χ1v) is 22.3. The van der Waals surface area contributed by atoms with Gasteiger partial charge in [-0.1, -0.05) is 84.9 Å². The fourth-order valence-corrected chi connectivity index (χ4v) is 11.6. The molecule has 6 aromatic rings. The van der Waals surface area contributed by atoms with Gasteiger partial charge in [-0.2, -0.15) is 0 Å². The zero-order valence-corrected chi connectivity index (χ0v) is 36.8. The van der Waals surface area contributed by atoms with Gasteiger partial charge in [0.15, 0.2) is 23.0 Å². The van der Waals surface area contributed by atoms with E-state index >= 15 is 0 Å². The number of benzene rings is 6. The molecule has 0 aromatic heterocycles. The van der Waals surface area contributed by atoms with Crippen LogP contribution in [0.25, 0.3) is 28.0 Å². The monoisotopic (exact) mass is 874 g/mol. The molecule has 4 N–H and O–H groups in total. The van der Waals surface area contributed by atoms with Crippen molar-refractivity contribution in [1.82, 2.24) is 0 Å². The molecule has 9 rings (SSSR count). The number of aliphatic hydroxyl groups is 1. The third kappa shape index (κ3) is 8.27. The predicted octanol–water partition coefficient (Wildman–Crippen LogP) is 9.81. The zero-order chi connectivity index (χ0) is 45.4. The van der Waals surface area contributed by atoms with E-state index in [-0.39, 0.29) is 48.5 Å². The number of carbonyl (C=O) groups is 2. The number of phenols is 3. The van der Waals surface area contributed by atoms with Gasteiger partial charge < -0.3 is 39.4 Å². The van der Waals surface area contributed by atoms with Gasteiger partial charge in [-0.3, -0.25) is 9.59 Å². The Morgan fingerprint density at radius 2 is 1.48 bits per heavy atom. The molecule has 0 spiro atoms. The van der Waals surface area contributed by atoms with Crippen LogP contribution >= 0.6 is 0 Å². The lowest BCUT2D eigenvalue weighted by atomic mass is 9.46. The number of esters is 2. The van der Waals surface area contributed by atoms with Crippen LogP contribution < -0.4 is 9.47 Å². The van der Waals surface area contributed by atoms with Crippen LogP contribution in [0.1, 0.15) is 71.4 Å². The van der Waals surface area contributed by atoms with Gasteiger partial charge in [0.1, 0.15) is 18.0 Å². The molecular weight excluding hydrogens is 821 g/mol. The van der Waals surface area contributed by atoms with Crippen LogP contribution in [0, 0.1) is 17.3 Å². The molecule has 0 heterocycles. The smallest absolute Gasteiger partial charge is 0.310 e. The summed E-state index contributed by atoms with van der Waals surface area (Å²) < 4.78 is 24.3. The Balaban J connectivity index is 1.17. The maximum atomic E-state index is 14.4. The van der Waals surface area contributed by atoms with E-state index in [1.54, 1.807) is 24.3 Å². The lowest BCUT2D eigenvalue weighted by Gasteiger charge is -2.59. The van der Waals surface area contributed by atoms with E-state index in [4.69, 9.17) is 18.9 Å². The third-order valence-electron chi connectivity index (χ3n) is 14.3. The maximum Gasteiger partial charge on any atom is 0.310 e. The molecule has 3 aliphatic rings. The van der Waals surface area contributed by atoms with Crippen LogP contribution in [0.5, 0.6) is 28.7 Å². The highest BCUT2D eigenvalue weighted by atomic mass is 16.6. The van der Waals surface area contributed by atoms with Crippen molar-refractivity contribution in [3.05, 3.63) is 155 Å². The molecule has 10 heteroatoms. The molecular formula is C55H54O10. The first-order chi connectivity index (χ1) is 31.5. The van der Waals surface area contributed by atoms with Crippen LogP contribution in [0.2, 0.25) is 0 Å². The Morgan fingerprint density at radius 1 is 0.754 bits per heavy atom. The number of aliphatic hydroxyl groups excluding tert-OH is 1. The van der Waals surface area contributed by atoms with E-state index in [1.165, 1.54) is 21.1 Å². The minimum absolute atomic E-state index is 0.0252. The van der Waals surface area contributed by atoms with Crippen molar-refractivity contribution in [3.8, 4) is 39.9 Å². The fraction of sp³-hybridized carbons (Fsp3) is 0.309. The zero-order valence-electron chi connectivity index (χ0n) is 36.8. The number of methoxy groups -OCH3 is 2. The van der Waals surface area contributed by atoms with Gasteiger partial charge in [-0.05, 0) is 135 Å². The first-order valence-electron chi connectivity index (χ1n) is 22.3. The van der Waals surface area contributed by atoms with Crippen molar-refractivity contribution in [1.29, 1.82) is 0 Å². The summed E-state index contributed by atoms with van der Waals surface area (Å²) in [7, 11) is 3.02. The number of aromatic hydroxyl groups is 3. The van der Waals surface area contributed by atoms with E-state index in [0.29, 0.717) is 37.2 Å². The van der Waals surface area contributed by atoms with Gasteiger partial charge in [0.05, 0.1) is 27.2 Å². The molecule has 0 saturated heterocycles. The summed E-state index contributed by atoms with van der Waals surface area (Å²) in [6.45, 7) is 1.12. The van der Waals surface area contributed by atoms with E-state index in [1.807, 2.05) is 91.0 Å². The number of allylic oxidation sites excluding steroid dienone is 1. The van der Waals surface area contributed by atoms with Crippen molar-refractivity contribution in [2.45, 2.75) is 69.5 Å². The standard InChI is InChI=1S/C55H54O10/c1-32(57)64-51-28-40(65-54(61)21-34-14-15-36-22-39(58)26-42(41(36)20-34)35-12-8-5-9-13-35)27-45-43-30-53(63-3)49(59)24-37(43)16-17-46(45)55(19-18-33-10-6-4-7-11-33)47(51)23-38-25-52(62-2)50(60)29-44(38)48(55)31-56/h4-15,18-20,22,24-26,29-30,40,45-48,51,56,58-60H,16-17,21,23,27-28,31H2,1-3H3. The normalized spacial score (nSPS) is 23.5. The number of hydrogen-bond donors (Lipinski definition) is 4. The third-order valence-corrected chi connectivity index (χ3v) is 14.3. The molecule has 0 bridgehead atoms. The number of carbonyl (C=O) groups excluding carboxylic acids is 2. The van der Waals surface area contributed by atoms with Crippen molar-refractivity contribution in [2.75, 3.05) is 20.8 Å². The molecule has 0 radical (unpaired) electrons. The topological polar surface area (TPSA) is 152 Å². The van der Waals surface area contributed by atoms with Gasteiger partial charge in [-0.25, -0.2) is 0 Å². The molecule has 1 fully saturated rings. The molecule has 65 heavy (non-hydrogen) atoms. The summed E-state index contributed by atoms with van der Waals surface area (Å²) in [5.41, 5.74) is 6.17. The molecule has 0 aliphatic heterocycles. The van der Waals surface area contributed by atoms with Crippen LogP contribution in [-0.4, -0.2) is 65.4 Å². The molecule has 6 aromatic carbocycles. The SMILES string of the molecule is COc1cc2c(cc1O)C(CO)C1(C=Cc3ccccc3)C(C2)C(OC(C)=O)CC(OC(=O)Cc2ccc3cc(O)cc(-c4ccccc4)c3c2)CC2c3cc(OC)c(O)cc3CCC21. The first kappa shape index (κ1) is 43.5. The average Bonchev–Trinajstić information content (AvgIpc) is 3.29. The lowest BCUT2D eigenvalue weighted by molar-refractivity contribution is -0.166. The molecule has 10 nitrogen and oxygen atoms in total. The molecule has 3 aliphatic carbocycles. The van der Waals surface area contributed by atoms with Gasteiger partial charge >= 0.3 is 11.9 Å². The second-order valence-corrected chi connectivity index (χ2v) is 17.8. The Kier molecular flexibility index (Phi) is 12.0. The van der Waals surface area contributed by atoms with Crippen LogP contribution in [-0.2, 0) is 38.3 Å². The molecule has 0 amide bonds. The lowest BCUT2D eigenvalue weighted by Crippen LogP contribution is -2.56. The van der Waals surface area contributed by atoms with Gasteiger partial charge in [0, 0.05) is 30.6 Å². The van der Waals surface area contributed by atoms with Crippen molar-refractivity contribution < 1.29 is 49.0 Å². The molecule has 7 unspecified atom stereocenters. The Bertz CT molecular complexity index is 2770. The number of aryl methyl sites for hydroxylation is 1. The summed E-state index contributed by atoms with van der Waals surface area (Å²) in [6, 6.07) is 36.1. The van der Waals surface area contributed by atoms with Crippen molar-refractivity contribution in [2.24, 2.45) is 17.3 Å². The number of phenolic OH excluding ortho intramolecular Hbond substituents is 3. The molecule has 334 valence electrons. The highest BCUT2D eigenvalue weighted by Gasteiger charge is 2.60. The van der Waals surface area contributed by atoms with Crippen molar-refractivity contribution >= 4 is 28.8 Å². The van der Waals surface area contributed by atoms with E-state index in [0.717, 1.165) is 55.3 Å². The average molecular weight is 875 g/mol. The molecule has 7 atom stereocenters. The number of hydrogen-bond acceptors (Lipinski definition) is 10. The Morgan fingerprint density at radius 3 is 2.20 bits per heavy atom. The minimum atomic E-state index is -0.878. The number of fused-ring (bicyclic) bond motifs is 7. The van der Waals surface area contributed by atoms with E-state index < -0.39 is 41.4 Å². The summed E-state index contributed by atoms with van der Waals surface area (Å²) in [5, 5.41) is 46.4. The summed E-state index contributed by atoms with van der Waals surface area (Å²) >= 11 is 0. The fourth-order valence-electron chi connectivity index (χ4n) is 11.6. The predicted molar refractivity (Wildman–Crippen MR) is 248 cm³/mol. The largest absolute Gasteiger partial charge is 0.508 e. The summed E-state index contributed by atoms with van der Waals surface area (Å²) in [4.78, 5) is 27.7. The van der Waals surface area contributed by atoms with Crippen LogP contribution in [0.3, 0.4) is 0 Å². The molecule has 1 saturated carbocycles. The van der Waals surface area contributed by atoms with Crippen LogP contribution in [0.15, 0.2) is 121 Å². The summed E-state index contributed by atoms with van der Waals surface area (Å²) in [5.74, 6) is -1.64. The second kappa shape index (κ2) is 18.0. The van der Waals surface area contributed by atoms with Gasteiger partial charge in [0.2, 0.25) is 0 Å². The van der Waals surface area contributed by atoms with Crippen molar-refractivity contribution in [3.63, 3.8) is 0 Å². The van der Waals surface area contributed by atoms with Gasteiger partial charge in [-0.15, -0.1) is 0 Å². The Labute approximate surface area is 378 Å². The highest BCUT2D eigenvalue weighted by molar-refractivity contribution is 5.98.